The number of nitriles is 1. The molecular formula is C15H18N2O2. The molecule has 0 bridgehead atoms. The summed E-state index contributed by atoms with van der Waals surface area (Å²) in [7, 11) is 1.96. The number of carbonyl (C=O) groups is 1. The molecule has 0 saturated carbocycles. The van der Waals surface area contributed by atoms with Crippen molar-refractivity contribution >= 4 is 12.0 Å². The van der Waals surface area contributed by atoms with E-state index >= 15 is 0 Å². The highest BCUT2D eigenvalue weighted by Gasteiger charge is 2.10. The summed E-state index contributed by atoms with van der Waals surface area (Å²) < 4.78 is 0. The van der Waals surface area contributed by atoms with Crippen LogP contribution in [0.15, 0.2) is 30.3 Å². The lowest BCUT2D eigenvalue weighted by atomic mass is 10.1. The van der Waals surface area contributed by atoms with Gasteiger partial charge in [0.05, 0.1) is 12.5 Å². The van der Waals surface area contributed by atoms with Crippen LogP contribution in [0.5, 0.6) is 0 Å². The Morgan fingerprint density at radius 3 is 2.84 bits per heavy atom. The number of hydrogen-bond donors (Lipinski definition) is 1. The average Bonchev–Trinajstić information content (AvgIpc) is 2.37. The maximum Gasteiger partial charge on any atom is 0.328 e. The van der Waals surface area contributed by atoms with Crippen LogP contribution >= 0.6 is 0 Å². The fourth-order valence-corrected chi connectivity index (χ4v) is 1.71. The van der Waals surface area contributed by atoms with Crippen LogP contribution in [0, 0.1) is 11.3 Å². The Labute approximate surface area is 113 Å². The number of carboxylic acids is 1. The Kier molecular flexibility index (Phi) is 5.77. The lowest BCUT2D eigenvalue weighted by Crippen LogP contribution is -2.28. The monoisotopic (exact) mass is 258 g/mol. The van der Waals surface area contributed by atoms with E-state index in [0.717, 1.165) is 17.2 Å². The van der Waals surface area contributed by atoms with Crippen molar-refractivity contribution in [1.29, 1.82) is 5.26 Å². The molecule has 0 fully saturated rings. The predicted octanol–water partition coefficient (Wildman–Crippen LogP) is 2.52. The molecule has 0 aliphatic heterocycles. The van der Waals surface area contributed by atoms with E-state index < -0.39 is 5.97 Å². The fraction of sp³-hybridized carbons (Fsp3) is 0.333. The van der Waals surface area contributed by atoms with E-state index in [9.17, 15) is 4.79 Å². The van der Waals surface area contributed by atoms with Crippen LogP contribution < -0.4 is 0 Å². The van der Waals surface area contributed by atoms with E-state index in [1.165, 1.54) is 0 Å². The number of rotatable bonds is 6. The summed E-state index contributed by atoms with van der Waals surface area (Å²) in [5, 5.41) is 17.4. The third-order valence-electron chi connectivity index (χ3n) is 3.02. The second-order valence-electron chi connectivity index (χ2n) is 4.50. The highest BCUT2D eigenvalue weighted by Crippen LogP contribution is 2.15. The van der Waals surface area contributed by atoms with Gasteiger partial charge in [0.1, 0.15) is 0 Å². The molecule has 100 valence electrons. The molecule has 1 N–H and O–H groups in total. The Hall–Kier alpha value is -2.12. The van der Waals surface area contributed by atoms with Crippen molar-refractivity contribution < 1.29 is 9.90 Å². The molecule has 0 heterocycles. The normalized spacial score (nSPS) is 12.5. The summed E-state index contributed by atoms with van der Waals surface area (Å²) >= 11 is 0. The first-order valence-electron chi connectivity index (χ1n) is 6.10. The molecule has 0 aromatic heterocycles. The van der Waals surface area contributed by atoms with Crippen LogP contribution in [-0.4, -0.2) is 29.1 Å². The molecule has 1 rings (SSSR count). The van der Waals surface area contributed by atoms with Gasteiger partial charge in [-0.05, 0) is 31.2 Å². The van der Waals surface area contributed by atoms with Gasteiger partial charge >= 0.3 is 5.97 Å². The van der Waals surface area contributed by atoms with Crippen LogP contribution in [-0.2, 0) is 11.3 Å². The molecule has 0 radical (unpaired) electrons. The first kappa shape index (κ1) is 14.9. The van der Waals surface area contributed by atoms with Gasteiger partial charge in [0.2, 0.25) is 0 Å². The minimum Gasteiger partial charge on any atom is -0.478 e. The van der Waals surface area contributed by atoms with Crippen molar-refractivity contribution in [3.05, 3.63) is 41.5 Å². The van der Waals surface area contributed by atoms with Crippen molar-refractivity contribution in [2.45, 2.75) is 25.9 Å². The van der Waals surface area contributed by atoms with Gasteiger partial charge in [-0.1, -0.05) is 24.3 Å². The molecule has 0 saturated heterocycles. The maximum absolute atomic E-state index is 10.6. The standard InChI is InChI=1S/C15H18N2O2/c1-12(9-10-16)17(2)11-14-6-4-3-5-13(14)7-8-15(18)19/h3-8,12H,9,11H2,1-2H3,(H,18,19). The number of carboxylic acid groups (broad SMARTS) is 1. The van der Waals surface area contributed by atoms with E-state index in [-0.39, 0.29) is 6.04 Å². The summed E-state index contributed by atoms with van der Waals surface area (Å²) in [4.78, 5) is 12.6. The first-order chi connectivity index (χ1) is 9.04. The number of hydrogen-bond acceptors (Lipinski definition) is 3. The highest BCUT2D eigenvalue weighted by atomic mass is 16.4. The summed E-state index contributed by atoms with van der Waals surface area (Å²) in [6.45, 7) is 2.68. The molecule has 4 nitrogen and oxygen atoms in total. The smallest absolute Gasteiger partial charge is 0.328 e. The zero-order chi connectivity index (χ0) is 14.3. The van der Waals surface area contributed by atoms with Crippen molar-refractivity contribution in [2.75, 3.05) is 7.05 Å². The van der Waals surface area contributed by atoms with Gasteiger partial charge < -0.3 is 5.11 Å². The van der Waals surface area contributed by atoms with Crippen LogP contribution in [0.25, 0.3) is 6.08 Å². The maximum atomic E-state index is 10.6. The molecule has 19 heavy (non-hydrogen) atoms. The minimum atomic E-state index is -0.957. The van der Waals surface area contributed by atoms with Crippen LogP contribution in [0.3, 0.4) is 0 Å². The molecule has 0 aliphatic carbocycles. The Morgan fingerprint density at radius 1 is 1.53 bits per heavy atom. The molecular weight excluding hydrogens is 240 g/mol. The van der Waals surface area contributed by atoms with Gasteiger partial charge in [-0.3, -0.25) is 4.90 Å². The minimum absolute atomic E-state index is 0.168. The van der Waals surface area contributed by atoms with Crippen molar-refractivity contribution in [1.82, 2.24) is 4.90 Å². The quantitative estimate of drug-likeness (QED) is 0.796. The van der Waals surface area contributed by atoms with Crippen molar-refractivity contribution in [2.24, 2.45) is 0 Å². The average molecular weight is 258 g/mol. The first-order valence-corrected chi connectivity index (χ1v) is 6.10. The topological polar surface area (TPSA) is 64.3 Å². The zero-order valence-electron chi connectivity index (χ0n) is 11.2. The number of benzene rings is 1. The van der Waals surface area contributed by atoms with Crippen LogP contribution in [0.4, 0.5) is 0 Å². The molecule has 0 aliphatic rings. The van der Waals surface area contributed by atoms with Crippen molar-refractivity contribution in [3.8, 4) is 6.07 Å². The molecule has 4 heteroatoms. The van der Waals surface area contributed by atoms with E-state index in [1.807, 2.05) is 38.2 Å². The van der Waals surface area contributed by atoms with E-state index in [0.29, 0.717) is 13.0 Å². The molecule has 1 atom stereocenters. The number of aliphatic carboxylic acids is 1. The highest BCUT2D eigenvalue weighted by molar-refractivity contribution is 5.85. The predicted molar refractivity (Wildman–Crippen MR) is 74.3 cm³/mol. The van der Waals surface area contributed by atoms with E-state index in [2.05, 4.69) is 11.0 Å². The third kappa shape index (κ3) is 4.94. The summed E-state index contributed by atoms with van der Waals surface area (Å²) in [5.41, 5.74) is 1.94. The largest absolute Gasteiger partial charge is 0.478 e. The summed E-state index contributed by atoms with van der Waals surface area (Å²) in [5.74, 6) is -0.957. The molecule has 1 unspecified atom stereocenters. The van der Waals surface area contributed by atoms with Gasteiger partial charge in [-0.15, -0.1) is 0 Å². The summed E-state index contributed by atoms with van der Waals surface area (Å²) in [6.07, 6.45) is 3.21. The fourth-order valence-electron chi connectivity index (χ4n) is 1.71. The lowest BCUT2D eigenvalue weighted by molar-refractivity contribution is -0.131. The van der Waals surface area contributed by atoms with E-state index in [4.69, 9.17) is 10.4 Å². The number of nitrogens with zero attached hydrogens (tertiary/aromatic N) is 2. The zero-order valence-corrected chi connectivity index (χ0v) is 11.2. The molecule has 0 spiro atoms. The van der Waals surface area contributed by atoms with Gasteiger partial charge in [0.15, 0.2) is 0 Å². The van der Waals surface area contributed by atoms with Crippen LogP contribution in [0.2, 0.25) is 0 Å². The molecule has 1 aromatic rings. The Bertz CT molecular complexity index is 503. The SMILES string of the molecule is CC(CC#N)N(C)Cc1ccccc1C=CC(=O)O. The third-order valence-corrected chi connectivity index (χ3v) is 3.02. The van der Waals surface area contributed by atoms with Crippen molar-refractivity contribution in [3.63, 3.8) is 0 Å². The van der Waals surface area contributed by atoms with Gasteiger partial charge in [0, 0.05) is 18.7 Å². The molecule has 1 aromatic carbocycles. The van der Waals surface area contributed by atoms with Gasteiger partial charge in [0.25, 0.3) is 0 Å². The van der Waals surface area contributed by atoms with Gasteiger partial charge in [-0.25, -0.2) is 4.79 Å². The molecule has 0 amide bonds. The Balaban J connectivity index is 2.84. The van der Waals surface area contributed by atoms with Gasteiger partial charge in [-0.2, -0.15) is 5.26 Å². The van der Waals surface area contributed by atoms with E-state index in [1.54, 1.807) is 6.08 Å². The van der Waals surface area contributed by atoms with Crippen LogP contribution in [0.1, 0.15) is 24.5 Å². The Morgan fingerprint density at radius 2 is 2.21 bits per heavy atom. The summed E-state index contributed by atoms with van der Waals surface area (Å²) in [6, 6.07) is 9.98. The second-order valence-corrected chi connectivity index (χ2v) is 4.50. The second kappa shape index (κ2) is 7.34. The lowest BCUT2D eigenvalue weighted by Gasteiger charge is -2.23.